The number of halogens is 1. The van der Waals surface area contributed by atoms with Gasteiger partial charge in [-0.15, -0.1) is 0 Å². The highest BCUT2D eigenvalue weighted by molar-refractivity contribution is 6.30. The number of benzene rings is 4. The maximum Gasteiger partial charge on any atom is 0.326 e. The van der Waals surface area contributed by atoms with Crippen LogP contribution in [0.4, 0.5) is 0 Å². The molecule has 0 radical (unpaired) electrons. The molecular weight excluding hydrogens is 550 g/mol. The number of carboxylic acids is 1. The number of hydrogen-bond donors (Lipinski definition) is 2. The van der Waals surface area contributed by atoms with Gasteiger partial charge in [-0.2, -0.15) is 4.98 Å². The molecule has 1 amide bonds. The standard InChI is InChI=1S/C34H30ClN3O4/c1-34(2,3)27-16-12-25(13-17-27)31(39)36-29(33(40)41)20-21-4-6-24(7-5-21)30-37-32(42-38-30)26-10-8-22(9-11-26)23-14-18-28(35)19-15-23/h4-19,29H,20H2,1-3H3,(H,36,39)(H,40,41). The van der Waals surface area contributed by atoms with Crippen LogP contribution in [-0.2, 0) is 16.6 Å². The van der Waals surface area contributed by atoms with Crippen LogP contribution in [-0.4, -0.2) is 33.2 Å². The fraction of sp³-hybridized carbons (Fsp3) is 0.176. The predicted molar refractivity (Wildman–Crippen MR) is 163 cm³/mol. The van der Waals surface area contributed by atoms with E-state index in [-0.39, 0.29) is 11.8 Å². The van der Waals surface area contributed by atoms with Crippen LogP contribution in [0.3, 0.4) is 0 Å². The minimum atomic E-state index is -1.11. The summed E-state index contributed by atoms with van der Waals surface area (Å²) in [7, 11) is 0. The van der Waals surface area contributed by atoms with Crippen molar-refractivity contribution in [1.82, 2.24) is 15.5 Å². The summed E-state index contributed by atoms with van der Waals surface area (Å²) in [5, 5.41) is 17.2. The molecule has 0 aliphatic carbocycles. The number of carbonyl (C=O) groups is 2. The molecule has 0 saturated heterocycles. The molecule has 0 saturated carbocycles. The van der Waals surface area contributed by atoms with Crippen molar-refractivity contribution >= 4 is 23.5 Å². The minimum absolute atomic E-state index is 0.0437. The van der Waals surface area contributed by atoms with E-state index in [0.717, 1.165) is 33.4 Å². The van der Waals surface area contributed by atoms with Gasteiger partial charge in [0.25, 0.3) is 11.8 Å². The average Bonchev–Trinajstić information content (AvgIpc) is 3.48. The quantitative estimate of drug-likeness (QED) is 0.198. The monoisotopic (exact) mass is 579 g/mol. The minimum Gasteiger partial charge on any atom is -0.480 e. The normalized spacial score (nSPS) is 12.1. The summed E-state index contributed by atoms with van der Waals surface area (Å²) in [5.74, 6) is -0.732. The Morgan fingerprint density at radius 2 is 1.36 bits per heavy atom. The lowest BCUT2D eigenvalue weighted by atomic mass is 9.86. The van der Waals surface area contributed by atoms with E-state index in [1.165, 1.54) is 0 Å². The van der Waals surface area contributed by atoms with Crippen molar-refractivity contribution in [2.75, 3.05) is 0 Å². The number of amides is 1. The van der Waals surface area contributed by atoms with E-state index >= 15 is 0 Å². The van der Waals surface area contributed by atoms with Crippen LogP contribution in [0.25, 0.3) is 34.0 Å². The van der Waals surface area contributed by atoms with Crippen molar-refractivity contribution in [3.8, 4) is 34.0 Å². The largest absolute Gasteiger partial charge is 0.480 e. The molecule has 0 bridgehead atoms. The highest BCUT2D eigenvalue weighted by Crippen LogP contribution is 2.27. The van der Waals surface area contributed by atoms with E-state index in [1.54, 1.807) is 36.4 Å². The van der Waals surface area contributed by atoms with E-state index < -0.39 is 17.9 Å². The molecule has 2 N–H and O–H groups in total. The van der Waals surface area contributed by atoms with Crippen molar-refractivity contribution in [2.24, 2.45) is 0 Å². The smallest absolute Gasteiger partial charge is 0.326 e. The topological polar surface area (TPSA) is 105 Å². The Morgan fingerprint density at radius 1 is 0.810 bits per heavy atom. The van der Waals surface area contributed by atoms with Crippen LogP contribution < -0.4 is 5.32 Å². The SMILES string of the molecule is CC(C)(C)c1ccc(C(=O)NC(Cc2ccc(-c3noc(-c4ccc(-c5ccc(Cl)cc5)cc4)n3)cc2)C(=O)O)cc1. The molecule has 0 aliphatic heterocycles. The third-order valence-electron chi connectivity index (χ3n) is 7.00. The van der Waals surface area contributed by atoms with Gasteiger partial charge in [0.1, 0.15) is 6.04 Å². The lowest BCUT2D eigenvalue weighted by Gasteiger charge is -2.19. The maximum absolute atomic E-state index is 12.8. The fourth-order valence-corrected chi connectivity index (χ4v) is 4.62. The van der Waals surface area contributed by atoms with Crippen molar-refractivity contribution < 1.29 is 19.2 Å². The number of nitrogens with zero attached hydrogens (tertiary/aromatic N) is 2. The lowest BCUT2D eigenvalue weighted by Crippen LogP contribution is -2.42. The Balaban J connectivity index is 1.23. The summed E-state index contributed by atoms with van der Waals surface area (Å²) in [5.41, 5.74) is 5.81. The molecule has 0 fully saturated rings. The number of aliphatic carboxylic acids is 1. The van der Waals surface area contributed by atoms with Gasteiger partial charge < -0.3 is 14.9 Å². The number of rotatable bonds is 8. The van der Waals surface area contributed by atoms with E-state index in [0.29, 0.717) is 22.3 Å². The molecule has 4 aromatic carbocycles. The summed E-state index contributed by atoms with van der Waals surface area (Å²) in [4.78, 5) is 29.2. The Hall–Kier alpha value is -4.75. The van der Waals surface area contributed by atoms with Gasteiger partial charge in [-0.1, -0.05) is 98.2 Å². The second-order valence-corrected chi connectivity index (χ2v) is 11.5. The van der Waals surface area contributed by atoms with E-state index in [2.05, 4.69) is 36.2 Å². The summed E-state index contributed by atoms with van der Waals surface area (Å²) < 4.78 is 5.50. The van der Waals surface area contributed by atoms with Gasteiger partial charge in [0.15, 0.2) is 0 Å². The zero-order valence-electron chi connectivity index (χ0n) is 23.5. The van der Waals surface area contributed by atoms with E-state index in [4.69, 9.17) is 16.1 Å². The Morgan fingerprint density at radius 3 is 1.93 bits per heavy atom. The molecule has 5 rings (SSSR count). The van der Waals surface area contributed by atoms with Crippen molar-refractivity contribution in [2.45, 2.75) is 38.6 Å². The van der Waals surface area contributed by atoms with Crippen molar-refractivity contribution in [3.63, 3.8) is 0 Å². The van der Waals surface area contributed by atoms with E-state index in [9.17, 15) is 14.7 Å². The molecule has 8 heteroatoms. The molecule has 212 valence electrons. The van der Waals surface area contributed by atoms with E-state index in [1.807, 2.05) is 60.7 Å². The third-order valence-corrected chi connectivity index (χ3v) is 7.26. The van der Waals surface area contributed by atoms with Crippen molar-refractivity contribution in [1.29, 1.82) is 0 Å². The van der Waals surface area contributed by atoms with Crippen LogP contribution in [0, 0.1) is 0 Å². The average molecular weight is 580 g/mol. The molecule has 5 aromatic rings. The first-order valence-corrected chi connectivity index (χ1v) is 13.9. The molecule has 0 spiro atoms. The molecule has 1 aromatic heterocycles. The first kappa shape index (κ1) is 28.8. The Labute approximate surface area is 249 Å². The van der Waals surface area contributed by atoms with Gasteiger partial charge in [-0.25, -0.2) is 4.79 Å². The van der Waals surface area contributed by atoms with Gasteiger partial charge >= 0.3 is 5.97 Å². The van der Waals surface area contributed by atoms with Gasteiger partial charge in [-0.05, 0) is 64.1 Å². The van der Waals surface area contributed by atoms with Gasteiger partial charge in [0.2, 0.25) is 5.82 Å². The van der Waals surface area contributed by atoms with Crippen LogP contribution in [0.5, 0.6) is 0 Å². The second-order valence-electron chi connectivity index (χ2n) is 11.1. The molecular formula is C34H30ClN3O4. The highest BCUT2D eigenvalue weighted by Gasteiger charge is 2.22. The number of carbonyl (C=O) groups excluding carboxylic acids is 1. The van der Waals surface area contributed by atoms with Crippen LogP contribution in [0.15, 0.2) is 102 Å². The fourth-order valence-electron chi connectivity index (χ4n) is 4.49. The number of hydrogen-bond acceptors (Lipinski definition) is 5. The number of carboxylic acid groups (broad SMARTS) is 1. The molecule has 7 nitrogen and oxygen atoms in total. The maximum atomic E-state index is 12.8. The molecule has 1 unspecified atom stereocenters. The third kappa shape index (κ3) is 6.75. The van der Waals surface area contributed by atoms with Gasteiger partial charge in [0, 0.05) is 28.1 Å². The second kappa shape index (κ2) is 12.0. The highest BCUT2D eigenvalue weighted by atomic mass is 35.5. The van der Waals surface area contributed by atoms with Crippen molar-refractivity contribution in [3.05, 3.63) is 119 Å². The summed E-state index contributed by atoms with van der Waals surface area (Å²) in [6.07, 6.45) is 0.124. The zero-order chi connectivity index (χ0) is 29.9. The van der Waals surface area contributed by atoms with Crippen LogP contribution >= 0.6 is 11.6 Å². The Kier molecular flexibility index (Phi) is 8.22. The number of aromatic nitrogens is 2. The van der Waals surface area contributed by atoms with Crippen LogP contribution in [0.1, 0.15) is 42.3 Å². The van der Waals surface area contributed by atoms with Crippen LogP contribution in [0.2, 0.25) is 5.02 Å². The molecule has 1 atom stereocenters. The molecule has 1 heterocycles. The first-order chi connectivity index (χ1) is 20.1. The molecule has 0 aliphatic rings. The Bertz CT molecular complexity index is 1690. The summed E-state index contributed by atoms with van der Waals surface area (Å²) in [6.45, 7) is 6.27. The van der Waals surface area contributed by atoms with Gasteiger partial charge in [-0.3, -0.25) is 4.79 Å². The summed E-state index contributed by atoms with van der Waals surface area (Å²) in [6, 6.07) is 28.8. The first-order valence-electron chi connectivity index (χ1n) is 13.5. The van der Waals surface area contributed by atoms with Gasteiger partial charge in [0.05, 0.1) is 0 Å². The summed E-state index contributed by atoms with van der Waals surface area (Å²) >= 11 is 5.99. The number of nitrogens with one attached hydrogen (secondary N) is 1. The zero-order valence-corrected chi connectivity index (χ0v) is 24.2. The lowest BCUT2D eigenvalue weighted by molar-refractivity contribution is -0.139. The predicted octanol–water partition coefficient (Wildman–Crippen LogP) is 7.45. The molecule has 42 heavy (non-hydrogen) atoms.